The molecule has 0 atom stereocenters. The number of benzene rings is 1. The summed E-state index contributed by atoms with van der Waals surface area (Å²) in [6, 6.07) is 5.73. The highest BCUT2D eigenvalue weighted by molar-refractivity contribution is 9.09. The van der Waals surface area contributed by atoms with Crippen LogP contribution in [0.1, 0.15) is 23.2 Å². The molecule has 0 aromatic heterocycles. The summed E-state index contributed by atoms with van der Waals surface area (Å²) >= 11 is 3.36. The average Bonchev–Trinajstić information content (AvgIpc) is 2.98. The first-order valence-corrected chi connectivity index (χ1v) is 5.91. The Morgan fingerprint density at radius 2 is 2.27 bits per heavy atom. The van der Waals surface area contributed by atoms with Gasteiger partial charge in [0.25, 0.3) is 5.91 Å². The van der Waals surface area contributed by atoms with Crippen molar-refractivity contribution in [3.05, 3.63) is 35.6 Å². The van der Waals surface area contributed by atoms with Gasteiger partial charge in [0, 0.05) is 10.9 Å². The third-order valence-electron chi connectivity index (χ3n) is 2.57. The SMILES string of the molecule is O=C(NC1(CBr)CC1)c1cccc(F)c1. The molecule has 1 saturated carbocycles. The zero-order chi connectivity index (χ0) is 10.9. The van der Waals surface area contributed by atoms with E-state index in [-0.39, 0.29) is 17.3 Å². The second-order valence-corrected chi connectivity index (χ2v) is 4.44. The van der Waals surface area contributed by atoms with Gasteiger partial charge in [-0.2, -0.15) is 0 Å². The fourth-order valence-electron chi connectivity index (χ4n) is 1.39. The summed E-state index contributed by atoms with van der Waals surface area (Å²) in [5, 5.41) is 3.66. The molecule has 0 spiro atoms. The number of halogens is 2. The zero-order valence-corrected chi connectivity index (χ0v) is 9.68. The van der Waals surface area contributed by atoms with Gasteiger partial charge in [0.2, 0.25) is 0 Å². The molecule has 0 aliphatic heterocycles. The van der Waals surface area contributed by atoms with Gasteiger partial charge in [0.1, 0.15) is 5.82 Å². The lowest BCUT2D eigenvalue weighted by atomic mass is 10.2. The van der Waals surface area contributed by atoms with E-state index in [9.17, 15) is 9.18 Å². The molecule has 2 nitrogen and oxygen atoms in total. The lowest BCUT2D eigenvalue weighted by molar-refractivity contribution is 0.0936. The first kappa shape index (κ1) is 10.6. The summed E-state index contributed by atoms with van der Waals surface area (Å²) in [7, 11) is 0. The highest BCUT2D eigenvalue weighted by Crippen LogP contribution is 2.37. The summed E-state index contributed by atoms with van der Waals surface area (Å²) in [6.07, 6.45) is 1.97. The van der Waals surface area contributed by atoms with E-state index in [1.54, 1.807) is 6.07 Å². The molecule has 80 valence electrons. The number of hydrogen-bond acceptors (Lipinski definition) is 1. The third-order valence-corrected chi connectivity index (χ3v) is 3.65. The van der Waals surface area contributed by atoms with E-state index in [1.165, 1.54) is 18.2 Å². The first-order chi connectivity index (χ1) is 7.15. The number of hydrogen-bond donors (Lipinski definition) is 1. The number of rotatable bonds is 3. The Hall–Kier alpha value is -0.900. The topological polar surface area (TPSA) is 29.1 Å². The second-order valence-electron chi connectivity index (χ2n) is 3.88. The Balaban J connectivity index is 2.08. The Bertz CT molecular complexity index is 390. The van der Waals surface area contributed by atoms with Crippen LogP contribution in [0.5, 0.6) is 0 Å². The molecule has 0 radical (unpaired) electrons. The molecule has 1 amide bonds. The number of alkyl halides is 1. The van der Waals surface area contributed by atoms with E-state index in [0.717, 1.165) is 18.2 Å². The number of carbonyl (C=O) groups excluding carboxylic acids is 1. The van der Waals surface area contributed by atoms with E-state index in [0.29, 0.717) is 5.56 Å². The van der Waals surface area contributed by atoms with Crippen LogP contribution in [0.3, 0.4) is 0 Å². The maximum atomic E-state index is 12.9. The lowest BCUT2D eigenvalue weighted by Crippen LogP contribution is -2.38. The van der Waals surface area contributed by atoms with Crippen LogP contribution >= 0.6 is 15.9 Å². The molecule has 15 heavy (non-hydrogen) atoms. The monoisotopic (exact) mass is 271 g/mol. The standard InChI is InChI=1S/C11H11BrFNO/c12-7-11(4-5-11)14-10(15)8-2-1-3-9(13)6-8/h1-3,6H,4-5,7H2,(H,14,15). The molecule has 1 N–H and O–H groups in total. The van der Waals surface area contributed by atoms with Gasteiger partial charge in [-0.25, -0.2) is 4.39 Å². The van der Waals surface area contributed by atoms with Crippen LogP contribution in [0.25, 0.3) is 0 Å². The van der Waals surface area contributed by atoms with E-state index >= 15 is 0 Å². The average molecular weight is 272 g/mol. The molecule has 1 aromatic rings. The second kappa shape index (κ2) is 3.93. The number of nitrogens with one attached hydrogen (secondary N) is 1. The molecule has 0 heterocycles. The van der Waals surface area contributed by atoms with Crippen LogP contribution in [-0.4, -0.2) is 16.8 Å². The van der Waals surface area contributed by atoms with Crippen molar-refractivity contribution in [3.63, 3.8) is 0 Å². The van der Waals surface area contributed by atoms with Gasteiger partial charge in [-0.15, -0.1) is 0 Å². The molecule has 1 aliphatic carbocycles. The van der Waals surface area contributed by atoms with Gasteiger partial charge in [-0.05, 0) is 31.0 Å². The molecule has 0 unspecified atom stereocenters. The Morgan fingerprint density at radius 1 is 1.53 bits per heavy atom. The minimum atomic E-state index is -0.383. The van der Waals surface area contributed by atoms with Crippen molar-refractivity contribution in [1.29, 1.82) is 0 Å². The van der Waals surface area contributed by atoms with Gasteiger partial charge >= 0.3 is 0 Å². The lowest BCUT2D eigenvalue weighted by Gasteiger charge is -2.13. The van der Waals surface area contributed by atoms with E-state index in [4.69, 9.17) is 0 Å². The maximum absolute atomic E-state index is 12.9. The van der Waals surface area contributed by atoms with E-state index < -0.39 is 0 Å². The van der Waals surface area contributed by atoms with Crippen molar-refractivity contribution < 1.29 is 9.18 Å². The van der Waals surface area contributed by atoms with Crippen molar-refractivity contribution in [1.82, 2.24) is 5.32 Å². The Kier molecular flexibility index (Phi) is 2.78. The zero-order valence-electron chi connectivity index (χ0n) is 8.09. The van der Waals surface area contributed by atoms with Crippen LogP contribution in [0.15, 0.2) is 24.3 Å². The molecule has 0 saturated heterocycles. The maximum Gasteiger partial charge on any atom is 0.251 e. The number of amides is 1. The highest BCUT2D eigenvalue weighted by atomic mass is 79.9. The summed E-state index contributed by atoms with van der Waals surface area (Å²) in [6.45, 7) is 0. The molecule has 1 aromatic carbocycles. The molecular formula is C11H11BrFNO. The van der Waals surface area contributed by atoms with Gasteiger partial charge < -0.3 is 5.32 Å². The van der Waals surface area contributed by atoms with Crippen molar-refractivity contribution in [2.45, 2.75) is 18.4 Å². The van der Waals surface area contributed by atoms with Gasteiger partial charge in [0.05, 0.1) is 5.54 Å². The summed E-state index contributed by atoms with van der Waals surface area (Å²) in [5.74, 6) is -0.585. The van der Waals surface area contributed by atoms with E-state index in [1.807, 2.05) is 0 Å². The predicted octanol–water partition coefficient (Wildman–Crippen LogP) is 2.48. The van der Waals surface area contributed by atoms with Gasteiger partial charge in [-0.1, -0.05) is 22.0 Å². The number of carbonyl (C=O) groups is 1. The van der Waals surface area contributed by atoms with E-state index in [2.05, 4.69) is 21.2 Å². The molecular weight excluding hydrogens is 261 g/mol. The molecule has 4 heteroatoms. The van der Waals surface area contributed by atoms with Crippen molar-refractivity contribution in [2.75, 3.05) is 5.33 Å². The fourth-order valence-corrected chi connectivity index (χ4v) is 2.09. The normalized spacial score (nSPS) is 17.2. The van der Waals surface area contributed by atoms with Crippen molar-refractivity contribution >= 4 is 21.8 Å². The van der Waals surface area contributed by atoms with Crippen molar-refractivity contribution in [2.24, 2.45) is 0 Å². The molecule has 0 bridgehead atoms. The van der Waals surface area contributed by atoms with Crippen LogP contribution in [0, 0.1) is 5.82 Å². The minimum absolute atomic E-state index is 0.0938. The first-order valence-electron chi connectivity index (χ1n) is 4.79. The molecule has 1 fully saturated rings. The third kappa shape index (κ3) is 2.37. The molecule has 1 aliphatic rings. The van der Waals surface area contributed by atoms with Crippen LogP contribution in [-0.2, 0) is 0 Å². The quantitative estimate of drug-likeness (QED) is 0.841. The highest BCUT2D eigenvalue weighted by Gasteiger charge is 2.42. The smallest absolute Gasteiger partial charge is 0.251 e. The Labute approximate surface area is 96.0 Å². The van der Waals surface area contributed by atoms with Crippen molar-refractivity contribution in [3.8, 4) is 0 Å². The predicted molar refractivity (Wildman–Crippen MR) is 59.6 cm³/mol. The van der Waals surface area contributed by atoms with Crippen LogP contribution in [0.4, 0.5) is 4.39 Å². The fraction of sp³-hybridized carbons (Fsp3) is 0.364. The summed E-state index contributed by atoms with van der Waals surface area (Å²) < 4.78 is 12.9. The van der Waals surface area contributed by atoms with Gasteiger partial charge in [-0.3, -0.25) is 4.79 Å². The minimum Gasteiger partial charge on any atom is -0.346 e. The van der Waals surface area contributed by atoms with Crippen LogP contribution < -0.4 is 5.32 Å². The van der Waals surface area contributed by atoms with Gasteiger partial charge in [0.15, 0.2) is 0 Å². The summed E-state index contributed by atoms with van der Waals surface area (Å²) in [4.78, 5) is 11.7. The Morgan fingerprint density at radius 3 is 2.80 bits per heavy atom. The molecule has 2 rings (SSSR count). The summed E-state index contributed by atoms with van der Waals surface area (Å²) in [5.41, 5.74) is 0.283. The largest absolute Gasteiger partial charge is 0.346 e. The van der Waals surface area contributed by atoms with Crippen LogP contribution in [0.2, 0.25) is 0 Å².